The summed E-state index contributed by atoms with van der Waals surface area (Å²) in [5.41, 5.74) is 2.27. The van der Waals surface area contributed by atoms with Crippen molar-refractivity contribution in [2.75, 3.05) is 6.54 Å². The van der Waals surface area contributed by atoms with Gasteiger partial charge in [-0.25, -0.2) is 9.59 Å². The molecule has 20 heavy (non-hydrogen) atoms. The third kappa shape index (κ3) is 3.94. The number of hydrogen-bond donors (Lipinski definition) is 3. The van der Waals surface area contributed by atoms with Crippen molar-refractivity contribution in [1.82, 2.24) is 10.6 Å². The molecule has 1 aromatic heterocycles. The average Bonchev–Trinajstić information content (AvgIpc) is 3.03. The number of urea groups is 1. The summed E-state index contributed by atoms with van der Waals surface area (Å²) in [5, 5.41) is 18.3. The maximum absolute atomic E-state index is 11.6. The molecule has 6 nitrogen and oxygen atoms in total. The zero-order valence-electron chi connectivity index (χ0n) is 11.2. The summed E-state index contributed by atoms with van der Waals surface area (Å²) in [6.45, 7) is 2.83. The molecule has 0 aromatic carbocycles. The van der Waals surface area contributed by atoms with Gasteiger partial charge in [-0.05, 0) is 41.7 Å². The van der Waals surface area contributed by atoms with E-state index in [2.05, 4.69) is 10.6 Å². The van der Waals surface area contributed by atoms with E-state index in [0.717, 1.165) is 5.56 Å². The van der Waals surface area contributed by atoms with Crippen LogP contribution in [0.1, 0.15) is 24.0 Å². The van der Waals surface area contributed by atoms with Crippen LogP contribution < -0.4 is 10.6 Å². The molecule has 2 heterocycles. The first kappa shape index (κ1) is 14.8. The van der Waals surface area contributed by atoms with Gasteiger partial charge in [-0.2, -0.15) is 11.3 Å². The average molecular weight is 298 g/mol. The van der Waals surface area contributed by atoms with E-state index in [9.17, 15) is 9.59 Å². The SMILES string of the molecule is Cc1cscc1CNC(=O)NCC1CCC(C(=O)O)O1. The van der Waals surface area contributed by atoms with Crippen LogP contribution >= 0.6 is 11.3 Å². The van der Waals surface area contributed by atoms with E-state index in [-0.39, 0.29) is 12.1 Å². The van der Waals surface area contributed by atoms with Crippen LogP contribution in [-0.4, -0.2) is 35.9 Å². The van der Waals surface area contributed by atoms with Gasteiger partial charge in [0.15, 0.2) is 6.10 Å². The van der Waals surface area contributed by atoms with E-state index in [1.807, 2.05) is 17.7 Å². The number of amides is 2. The number of carbonyl (C=O) groups excluding carboxylic acids is 1. The summed E-state index contributed by atoms with van der Waals surface area (Å²) >= 11 is 1.61. The van der Waals surface area contributed by atoms with Gasteiger partial charge in [-0.3, -0.25) is 0 Å². The Morgan fingerprint density at radius 1 is 1.40 bits per heavy atom. The summed E-state index contributed by atoms with van der Waals surface area (Å²) in [6, 6.07) is -0.266. The fourth-order valence-electron chi connectivity index (χ4n) is 2.05. The molecule has 7 heteroatoms. The zero-order chi connectivity index (χ0) is 14.5. The largest absolute Gasteiger partial charge is 0.479 e. The van der Waals surface area contributed by atoms with E-state index in [4.69, 9.17) is 9.84 Å². The summed E-state index contributed by atoms with van der Waals surface area (Å²) < 4.78 is 5.30. The lowest BCUT2D eigenvalue weighted by Gasteiger charge is -2.13. The molecule has 0 aliphatic carbocycles. The van der Waals surface area contributed by atoms with Gasteiger partial charge in [0, 0.05) is 13.1 Å². The van der Waals surface area contributed by atoms with Crippen molar-refractivity contribution in [2.45, 2.75) is 38.5 Å². The summed E-state index contributed by atoms with van der Waals surface area (Å²) in [4.78, 5) is 22.4. The van der Waals surface area contributed by atoms with E-state index < -0.39 is 12.1 Å². The van der Waals surface area contributed by atoms with Crippen LogP contribution in [0.3, 0.4) is 0 Å². The second-order valence-electron chi connectivity index (χ2n) is 4.81. The van der Waals surface area contributed by atoms with Crippen molar-refractivity contribution in [3.63, 3.8) is 0 Å². The van der Waals surface area contributed by atoms with Gasteiger partial charge >= 0.3 is 12.0 Å². The van der Waals surface area contributed by atoms with Crippen LogP contribution in [-0.2, 0) is 16.1 Å². The van der Waals surface area contributed by atoms with Crippen LogP contribution in [0, 0.1) is 6.92 Å². The Balaban J connectivity index is 1.66. The predicted molar refractivity (Wildman–Crippen MR) is 74.8 cm³/mol. The molecule has 3 N–H and O–H groups in total. The van der Waals surface area contributed by atoms with Crippen molar-refractivity contribution in [2.24, 2.45) is 0 Å². The number of carbonyl (C=O) groups is 2. The highest BCUT2D eigenvalue weighted by Crippen LogP contribution is 2.19. The number of carboxylic acid groups (broad SMARTS) is 1. The number of carboxylic acids is 1. The van der Waals surface area contributed by atoms with Crippen molar-refractivity contribution >= 4 is 23.3 Å². The van der Waals surface area contributed by atoms with Crippen LogP contribution in [0.15, 0.2) is 10.8 Å². The third-order valence-corrected chi connectivity index (χ3v) is 4.18. The first-order valence-electron chi connectivity index (χ1n) is 6.48. The lowest BCUT2D eigenvalue weighted by Crippen LogP contribution is -2.39. The molecule has 2 amide bonds. The fraction of sp³-hybridized carbons (Fsp3) is 0.538. The number of nitrogens with one attached hydrogen (secondary N) is 2. The molecule has 0 saturated carbocycles. The summed E-state index contributed by atoms with van der Waals surface area (Å²) in [7, 11) is 0. The van der Waals surface area contributed by atoms with Gasteiger partial charge in [0.1, 0.15) is 0 Å². The van der Waals surface area contributed by atoms with E-state index in [1.165, 1.54) is 5.56 Å². The highest BCUT2D eigenvalue weighted by atomic mass is 32.1. The first-order chi connectivity index (χ1) is 9.56. The Labute approximate surface area is 121 Å². The molecule has 1 aliphatic heterocycles. The second kappa shape index (κ2) is 6.71. The molecule has 2 rings (SSSR count). The monoisotopic (exact) mass is 298 g/mol. The highest BCUT2D eigenvalue weighted by molar-refractivity contribution is 7.08. The molecule has 0 spiro atoms. The Bertz CT molecular complexity index is 488. The molecule has 110 valence electrons. The Hall–Kier alpha value is -1.60. The number of ether oxygens (including phenoxy) is 1. The van der Waals surface area contributed by atoms with Crippen molar-refractivity contribution in [1.29, 1.82) is 0 Å². The first-order valence-corrected chi connectivity index (χ1v) is 7.42. The smallest absolute Gasteiger partial charge is 0.332 e. The van der Waals surface area contributed by atoms with Crippen molar-refractivity contribution in [3.8, 4) is 0 Å². The third-order valence-electron chi connectivity index (χ3n) is 3.27. The maximum atomic E-state index is 11.6. The Morgan fingerprint density at radius 2 is 2.20 bits per heavy atom. The molecular formula is C13H18N2O4S. The standard InChI is InChI=1S/C13H18N2O4S/c1-8-6-20-7-9(8)4-14-13(18)15-5-10-2-3-11(19-10)12(16)17/h6-7,10-11H,2-5H2,1H3,(H,16,17)(H2,14,15,18). The van der Waals surface area contributed by atoms with Gasteiger partial charge in [0.2, 0.25) is 0 Å². The number of aliphatic carboxylic acids is 1. The van der Waals surface area contributed by atoms with E-state index in [0.29, 0.717) is 25.9 Å². The van der Waals surface area contributed by atoms with Crippen LogP contribution in [0.5, 0.6) is 0 Å². The molecular weight excluding hydrogens is 280 g/mol. The molecule has 2 unspecified atom stereocenters. The van der Waals surface area contributed by atoms with Gasteiger partial charge < -0.3 is 20.5 Å². The minimum Gasteiger partial charge on any atom is -0.479 e. The molecule has 1 aliphatic rings. The van der Waals surface area contributed by atoms with E-state index >= 15 is 0 Å². The van der Waals surface area contributed by atoms with Crippen LogP contribution in [0.4, 0.5) is 4.79 Å². The minimum absolute atomic E-state index is 0.218. The maximum Gasteiger partial charge on any atom is 0.332 e. The van der Waals surface area contributed by atoms with Crippen LogP contribution in [0.25, 0.3) is 0 Å². The Morgan fingerprint density at radius 3 is 2.80 bits per heavy atom. The Kier molecular flexibility index (Phi) is 4.97. The van der Waals surface area contributed by atoms with Crippen LogP contribution in [0.2, 0.25) is 0 Å². The molecule has 0 bridgehead atoms. The molecule has 2 atom stereocenters. The summed E-state index contributed by atoms with van der Waals surface area (Å²) in [5.74, 6) is -0.940. The molecule has 1 fully saturated rings. The zero-order valence-corrected chi connectivity index (χ0v) is 12.0. The predicted octanol–water partition coefficient (Wildman–Crippen LogP) is 1.49. The lowest BCUT2D eigenvalue weighted by atomic mass is 10.2. The second-order valence-corrected chi connectivity index (χ2v) is 5.55. The number of hydrogen-bond acceptors (Lipinski definition) is 4. The highest BCUT2D eigenvalue weighted by Gasteiger charge is 2.30. The molecule has 1 saturated heterocycles. The van der Waals surface area contributed by atoms with E-state index in [1.54, 1.807) is 11.3 Å². The van der Waals surface area contributed by atoms with Crippen molar-refractivity contribution < 1.29 is 19.4 Å². The molecule has 0 radical (unpaired) electrons. The van der Waals surface area contributed by atoms with Gasteiger partial charge in [-0.15, -0.1) is 0 Å². The van der Waals surface area contributed by atoms with Gasteiger partial charge in [-0.1, -0.05) is 0 Å². The normalized spacial score (nSPS) is 21.6. The number of rotatable bonds is 5. The summed E-state index contributed by atoms with van der Waals surface area (Å²) in [6.07, 6.45) is 0.196. The number of thiophene rings is 1. The number of aryl methyl sites for hydroxylation is 1. The van der Waals surface area contributed by atoms with Crippen molar-refractivity contribution in [3.05, 3.63) is 21.9 Å². The molecule has 1 aromatic rings. The van der Waals surface area contributed by atoms with Gasteiger partial charge in [0.25, 0.3) is 0 Å². The topological polar surface area (TPSA) is 87.7 Å². The lowest BCUT2D eigenvalue weighted by molar-refractivity contribution is -0.149. The quantitative estimate of drug-likeness (QED) is 0.768. The minimum atomic E-state index is -0.940. The fourth-order valence-corrected chi connectivity index (χ4v) is 2.91. The van der Waals surface area contributed by atoms with Gasteiger partial charge in [0.05, 0.1) is 6.10 Å².